The van der Waals surface area contributed by atoms with Crippen molar-refractivity contribution in [3.63, 3.8) is 0 Å². The maximum Gasteiger partial charge on any atom is 0.00390 e. The second kappa shape index (κ2) is 5.61. The van der Waals surface area contributed by atoms with Gasteiger partial charge < -0.3 is 10.6 Å². The molecule has 0 spiro atoms. The molecule has 2 heteroatoms. The summed E-state index contributed by atoms with van der Waals surface area (Å²) in [6.45, 7) is 8.17. The molecule has 1 aliphatic carbocycles. The van der Waals surface area contributed by atoms with Crippen LogP contribution >= 0.6 is 0 Å². The van der Waals surface area contributed by atoms with Gasteiger partial charge in [0.05, 0.1) is 0 Å². The van der Waals surface area contributed by atoms with Crippen LogP contribution in [0.4, 0.5) is 0 Å². The Balaban J connectivity index is 2.21. The van der Waals surface area contributed by atoms with Crippen molar-refractivity contribution >= 4 is 0 Å². The smallest absolute Gasteiger partial charge is 0.00390 e. The topological polar surface area (TPSA) is 29.3 Å². The highest BCUT2D eigenvalue weighted by Gasteiger charge is 2.19. The number of hydrogen-bond acceptors (Lipinski definition) is 2. The maximum atomic E-state index is 5.88. The molecule has 0 aliphatic heterocycles. The minimum atomic E-state index is 0.493. The van der Waals surface area contributed by atoms with Gasteiger partial charge in [0.15, 0.2) is 0 Å². The summed E-state index contributed by atoms with van der Waals surface area (Å²) in [7, 11) is 0. The van der Waals surface area contributed by atoms with Crippen LogP contribution in [0.15, 0.2) is 0 Å². The lowest BCUT2D eigenvalue weighted by Crippen LogP contribution is -2.34. The van der Waals surface area contributed by atoms with Crippen LogP contribution in [0.1, 0.15) is 39.5 Å². The van der Waals surface area contributed by atoms with Gasteiger partial charge in [-0.2, -0.15) is 0 Å². The lowest BCUT2D eigenvalue weighted by atomic mass is 9.86. The molecule has 1 rings (SSSR count). The van der Waals surface area contributed by atoms with E-state index >= 15 is 0 Å². The van der Waals surface area contributed by atoms with Crippen LogP contribution in [0.3, 0.4) is 0 Å². The van der Waals surface area contributed by atoms with Gasteiger partial charge in [0, 0.05) is 12.6 Å². The highest BCUT2D eigenvalue weighted by molar-refractivity contribution is 4.76. The summed E-state index contributed by atoms with van der Waals surface area (Å²) in [6, 6.07) is 0.493. The zero-order valence-electron chi connectivity index (χ0n) is 9.13. The zero-order valence-corrected chi connectivity index (χ0v) is 9.13. The molecule has 0 aromatic heterocycles. The van der Waals surface area contributed by atoms with Gasteiger partial charge >= 0.3 is 0 Å². The molecule has 2 nitrogen and oxygen atoms in total. The summed E-state index contributed by atoms with van der Waals surface area (Å²) in [4.78, 5) is 2.53. The van der Waals surface area contributed by atoms with Crippen LogP contribution in [-0.2, 0) is 0 Å². The molecule has 0 atom stereocenters. The van der Waals surface area contributed by atoms with Crippen molar-refractivity contribution in [2.75, 3.05) is 19.6 Å². The predicted octanol–water partition coefficient (Wildman–Crippen LogP) is 1.85. The quantitative estimate of drug-likeness (QED) is 0.722. The first-order valence-corrected chi connectivity index (χ1v) is 5.74. The Labute approximate surface area is 82.5 Å². The summed E-state index contributed by atoms with van der Waals surface area (Å²) in [6.07, 6.45) is 5.17. The van der Waals surface area contributed by atoms with Crippen molar-refractivity contribution in [1.29, 1.82) is 0 Å². The third-order valence-electron chi connectivity index (χ3n) is 3.30. The van der Waals surface area contributed by atoms with Crippen LogP contribution in [0.2, 0.25) is 0 Å². The van der Waals surface area contributed by atoms with Crippen molar-refractivity contribution in [2.24, 2.45) is 11.7 Å². The van der Waals surface area contributed by atoms with E-state index in [1.165, 1.54) is 45.3 Å². The Morgan fingerprint density at radius 1 is 1.08 bits per heavy atom. The summed E-state index contributed by atoms with van der Waals surface area (Å²) in [5, 5.41) is 0. The molecule has 0 unspecified atom stereocenters. The second-order valence-electron chi connectivity index (χ2n) is 4.27. The molecule has 0 aromatic carbocycles. The SMILES string of the molecule is CCN(CC)C[C@H]1CC[C@H](N)CC1. The molecular weight excluding hydrogens is 160 g/mol. The summed E-state index contributed by atoms with van der Waals surface area (Å²) in [5.41, 5.74) is 5.88. The van der Waals surface area contributed by atoms with E-state index in [9.17, 15) is 0 Å². The first-order valence-electron chi connectivity index (χ1n) is 5.74. The van der Waals surface area contributed by atoms with Crippen molar-refractivity contribution in [3.8, 4) is 0 Å². The fourth-order valence-corrected chi connectivity index (χ4v) is 2.22. The third-order valence-corrected chi connectivity index (χ3v) is 3.30. The number of nitrogens with zero attached hydrogens (tertiary/aromatic N) is 1. The Hall–Kier alpha value is -0.0800. The first kappa shape index (κ1) is 11.0. The zero-order chi connectivity index (χ0) is 9.68. The van der Waals surface area contributed by atoms with Crippen LogP contribution < -0.4 is 5.73 Å². The minimum Gasteiger partial charge on any atom is -0.328 e. The van der Waals surface area contributed by atoms with E-state index in [4.69, 9.17) is 5.73 Å². The molecule has 1 fully saturated rings. The second-order valence-corrected chi connectivity index (χ2v) is 4.27. The fourth-order valence-electron chi connectivity index (χ4n) is 2.22. The van der Waals surface area contributed by atoms with E-state index in [1.807, 2.05) is 0 Å². The van der Waals surface area contributed by atoms with E-state index in [-0.39, 0.29) is 0 Å². The highest BCUT2D eigenvalue weighted by atomic mass is 15.1. The Morgan fingerprint density at radius 2 is 1.62 bits per heavy atom. The average Bonchev–Trinajstić information content (AvgIpc) is 2.17. The van der Waals surface area contributed by atoms with Crippen molar-refractivity contribution < 1.29 is 0 Å². The molecule has 0 heterocycles. The molecule has 0 radical (unpaired) electrons. The predicted molar refractivity (Wildman–Crippen MR) is 57.7 cm³/mol. The molecule has 13 heavy (non-hydrogen) atoms. The molecule has 78 valence electrons. The molecule has 0 bridgehead atoms. The van der Waals surface area contributed by atoms with Gasteiger partial charge in [-0.1, -0.05) is 13.8 Å². The largest absolute Gasteiger partial charge is 0.328 e. The van der Waals surface area contributed by atoms with Gasteiger partial charge in [0.2, 0.25) is 0 Å². The first-order chi connectivity index (χ1) is 6.26. The molecule has 1 aliphatic rings. The molecule has 1 saturated carbocycles. The molecule has 0 amide bonds. The monoisotopic (exact) mass is 184 g/mol. The van der Waals surface area contributed by atoms with Gasteiger partial charge in [-0.05, 0) is 44.7 Å². The summed E-state index contributed by atoms with van der Waals surface area (Å²) >= 11 is 0. The van der Waals surface area contributed by atoms with Crippen LogP contribution in [-0.4, -0.2) is 30.6 Å². The fraction of sp³-hybridized carbons (Fsp3) is 1.00. The third kappa shape index (κ3) is 3.65. The van der Waals surface area contributed by atoms with E-state index in [1.54, 1.807) is 0 Å². The Kier molecular flexibility index (Phi) is 4.74. The van der Waals surface area contributed by atoms with E-state index < -0.39 is 0 Å². The normalized spacial score (nSPS) is 29.5. The molecular formula is C11H24N2. The van der Waals surface area contributed by atoms with Gasteiger partial charge in [-0.3, -0.25) is 0 Å². The minimum absolute atomic E-state index is 0.493. The Bertz CT molecular complexity index is 124. The molecule has 0 aromatic rings. The van der Waals surface area contributed by atoms with Crippen LogP contribution in [0.5, 0.6) is 0 Å². The van der Waals surface area contributed by atoms with Crippen LogP contribution in [0, 0.1) is 5.92 Å². The summed E-state index contributed by atoms with van der Waals surface area (Å²) < 4.78 is 0. The lowest BCUT2D eigenvalue weighted by Gasteiger charge is -2.30. The van der Waals surface area contributed by atoms with Crippen LogP contribution in [0.25, 0.3) is 0 Å². The number of nitrogens with two attached hydrogens (primary N) is 1. The van der Waals surface area contributed by atoms with Gasteiger partial charge in [-0.15, -0.1) is 0 Å². The number of hydrogen-bond donors (Lipinski definition) is 1. The van der Waals surface area contributed by atoms with Gasteiger partial charge in [0.1, 0.15) is 0 Å². The summed E-state index contributed by atoms with van der Waals surface area (Å²) in [5.74, 6) is 0.916. The number of rotatable bonds is 4. The van der Waals surface area contributed by atoms with E-state index in [0.29, 0.717) is 6.04 Å². The molecule has 2 N–H and O–H groups in total. The van der Waals surface area contributed by atoms with Crippen molar-refractivity contribution in [3.05, 3.63) is 0 Å². The Morgan fingerprint density at radius 3 is 2.08 bits per heavy atom. The van der Waals surface area contributed by atoms with E-state index in [2.05, 4.69) is 18.7 Å². The van der Waals surface area contributed by atoms with Crippen molar-refractivity contribution in [2.45, 2.75) is 45.6 Å². The lowest BCUT2D eigenvalue weighted by molar-refractivity contribution is 0.208. The van der Waals surface area contributed by atoms with Gasteiger partial charge in [-0.25, -0.2) is 0 Å². The molecule has 0 saturated heterocycles. The van der Waals surface area contributed by atoms with Crippen molar-refractivity contribution in [1.82, 2.24) is 4.90 Å². The van der Waals surface area contributed by atoms with E-state index in [0.717, 1.165) is 5.92 Å². The maximum absolute atomic E-state index is 5.88. The standard InChI is InChI=1S/C11H24N2/c1-3-13(4-2)9-10-5-7-11(12)8-6-10/h10-11H,3-9,12H2,1-2H3/t10-,11-. The van der Waals surface area contributed by atoms with Gasteiger partial charge in [0.25, 0.3) is 0 Å². The average molecular weight is 184 g/mol. The highest BCUT2D eigenvalue weighted by Crippen LogP contribution is 2.23.